The van der Waals surface area contributed by atoms with Gasteiger partial charge in [-0.2, -0.15) is 18.4 Å². The van der Waals surface area contributed by atoms with Crippen molar-refractivity contribution in [3.8, 4) is 23.1 Å². The van der Waals surface area contributed by atoms with E-state index in [2.05, 4.69) is 15.4 Å². The van der Waals surface area contributed by atoms with Gasteiger partial charge in [-0.3, -0.25) is 0 Å². The Bertz CT molecular complexity index is 1020. The van der Waals surface area contributed by atoms with Crippen molar-refractivity contribution in [2.75, 3.05) is 0 Å². The molecule has 0 aliphatic carbocycles. The van der Waals surface area contributed by atoms with Crippen molar-refractivity contribution >= 4 is 0 Å². The number of alkyl halides is 3. The lowest BCUT2D eigenvalue weighted by molar-refractivity contribution is -0.137. The van der Waals surface area contributed by atoms with Crippen molar-refractivity contribution in [2.24, 2.45) is 0 Å². The van der Waals surface area contributed by atoms with Crippen LogP contribution < -0.4 is 4.74 Å². The Morgan fingerprint density at radius 1 is 1.15 bits per heavy atom. The van der Waals surface area contributed by atoms with E-state index in [1.807, 2.05) is 6.07 Å². The van der Waals surface area contributed by atoms with Gasteiger partial charge in [0.2, 0.25) is 0 Å². The number of aryl methyl sites for hydroxylation is 1. The molecule has 9 heteroatoms. The van der Waals surface area contributed by atoms with Crippen LogP contribution in [0, 0.1) is 24.1 Å². The molecule has 0 spiro atoms. The summed E-state index contributed by atoms with van der Waals surface area (Å²) in [5.41, 5.74) is 0.814. The van der Waals surface area contributed by atoms with Crippen LogP contribution in [0.2, 0.25) is 0 Å². The molecule has 1 heterocycles. The summed E-state index contributed by atoms with van der Waals surface area (Å²) in [7, 11) is 0. The van der Waals surface area contributed by atoms with E-state index in [0.717, 1.165) is 17.7 Å². The molecule has 138 valence electrons. The first-order chi connectivity index (χ1) is 12.8. The second-order valence-corrected chi connectivity index (χ2v) is 5.82. The lowest BCUT2D eigenvalue weighted by Gasteiger charge is -2.12. The minimum Gasteiger partial charge on any atom is -0.489 e. The first-order valence-corrected chi connectivity index (χ1v) is 7.69. The molecule has 0 saturated heterocycles. The third-order valence-electron chi connectivity index (χ3n) is 3.68. The molecule has 0 bridgehead atoms. The highest BCUT2D eigenvalue weighted by Gasteiger charge is 2.31. The minimum atomic E-state index is -4.64. The molecule has 0 radical (unpaired) electrons. The summed E-state index contributed by atoms with van der Waals surface area (Å²) < 4.78 is 57.4. The summed E-state index contributed by atoms with van der Waals surface area (Å²) in [6.07, 6.45) is -4.64. The Balaban J connectivity index is 1.85. The topological polar surface area (TPSA) is 74.6 Å². The van der Waals surface area contributed by atoms with E-state index < -0.39 is 17.6 Å². The lowest BCUT2D eigenvalue weighted by Crippen LogP contribution is -2.07. The summed E-state index contributed by atoms with van der Waals surface area (Å²) in [6, 6.07) is 9.19. The van der Waals surface area contributed by atoms with Gasteiger partial charge in [-0.1, -0.05) is 5.21 Å². The molecule has 0 amide bonds. The van der Waals surface area contributed by atoms with E-state index in [-0.39, 0.29) is 17.9 Å². The van der Waals surface area contributed by atoms with Crippen molar-refractivity contribution < 1.29 is 22.3 Å². The molecule has 0 unspecified atom stereocenters. The number of nitrogens with zero attached hydrogens (tertiary/aromatic N) is 3. The molecule has 0 fully saturated rings. The largest absolute Gasteiger partial charge is 0.489 e. The van der Waals surface area contributed by atoms with Crippen LogP contribution in [0.25, 0.3) is 11.3 Å². The molecule has 0 atom stereocenters. The molecule has 0 saturated carbocycles. The van der Waals surface area contributed by atoms with Gasteiger partial charge in [0, 0.05) is 5.56 Å². The van der Waals surface area contributed by atoms with Gasteiger partial charge in [-0.25, -0.2) is 9.49 Å². The van der Waals surface area contributed by atoms with Crippen LogP contribution in [-0.4, -0.2) is 15.4 Å². The number of rotatable bonds is 4. The quantitative estimate of drug-likeness (QED) is 0.686. The average molecular weight is 376 g/mol. The summed E-state index contributed by atoms with van der Waals surface area (Å²) in [5, 5.41) is 19.0. The first-order valence-electron chi connectivity index (χ1n) is 7.69. The predicted octanol–water partition coefficient (Wildman–Crippen LogP) is 4.39. The number of benzene rings is 2. The number of hydrogen-bond acceptors (Lipinski definition) is 4. The monoisotopic (exact) mass is 376 g/mol. The number of aromatic amines is 1. The van der Waals surface area contributed by atoms with Crippen molar-refractivity contribution in [3.63, 3.8) is 0 Å². The van der Waals surface area contributed by atoms with Crippen molar-refractivity contribution in [2.45, 2.75) is 19.7 Å². The van der Waals surface area contributed by atoms with Crippen LogP contribution in [-0.2, 0) is 12.8 Å². The molecule has 3 aromatic rings. The van der Waals surface area contributed by atoms with Gasteiger partial charge in [-0.15, -0.1) is 5.10 Å². The summed E-state index contributed by atoms with van der Waals surface area (Å²) >= 11 is 0. The van der Waals surface area contributed by atoms with Crippen molar-refractivity contribution in [1.29, 1.82) is 5.26 Å². The standard InChI is InChI=1S/C18H12F4N4O/c1-10-2-12(17-16(8-23)24-26-25-17)6-15(3-10)27-9-11-4-13(18(20,21)22)7-14(19)5-11/h2-7H,9H2,1H3,(H,24,25,26). The smallest absolute Gasteiger partial charge is 0.416 e. The lowest BCUT2D eigenvalue weighted by atomic mass is 10.1. The maximum atomic E-state index is 13.5. The Morgan fingerprint density at radius 2 is 1.93 bits per heavy atom. The van der Waals surface area contributed by atoms with E-state index in [0.29, 0.717) is 23.1 Å². The van der Waals surface area contributed by atoms with Crippen molar-refractivity contribution in [1.82, 2.24) is 15.4 Å². The van der Waals surface area contributed by atoms with Crippen LogP contribution >= 0.6 is 0 Å². The minimum absolute atomic E-state index is 0.0459. The Kier molecular flexibility index (Phi) is 4.81. The molecular weight excluding hydrogens is 364 g/mol. The summed E-state index contributed by atoms with van der Waals surface area (Å²) in [5.74, 6) is -0.649. The SMILES string of the molecule is Cc1cc(OCc2cc(F)cc(C(F)(F)F)c2)cc(-c2nn[nH]c2C#N)c1. The van der Waals surface area contributed by atoms with Gasteiger partial charge in [0.25, 0.3) is 0 Å². The number of halogens is 4. The molecule has 5 nitrogen and oxygen atoms in total. The van der Waals surface area contributed by atoms with E-state index in [1.165, 1.54) is 0 Å². The zero-order valence-corrected chi connectivity index (χ0v) is 13.9. The van der Waals surface area contributed by atoms with Crippen molar-refractivity contribution in [3.05, 3.63) is 64.6 Å². The van der Waals surface area contributed by atoms with Gasteiger partial charge < -0.3 is 4.74 Å². The van der Waals surface area contributed by atoms with Gasteiger partial charge >= 0.3 is 6.18 Å². The molecule has 3 rings (SSSR count). The second-order valence-electron chi connectivity index (χ2n) is 5.82. The Labute approximate surface area is 151 Å². The predicted molar refractivity (Wildman–Crippen MR) is 87.0 cm³/mol. The molecule has 0 aliphatic heterocycles. The highest BCUT2D eigenvalue weighted by molar-refractivity contribution is 5.66. The number of H-pyrrole nitrogens is 1. The van der Waals surface area contributed by atoms with Crippen LogP contribution in [0.15, 0.2) is 36.4 Å². The van der Waals surface area contributed by atoms with E-state index in [9.17, 15) is 17.6 Å². The number of ether oxygens (including phenoxy) is 1. The molecular formula is C18H12F4N4O. The third-order valence-corrected chi connectivity index (χ3v) is 3.68. The zero-order chi connectivity index (χ0) is 19.6. The molecule has 2 aromatic carbocycles. The first kappa shape index (κ1) is 18.4. The average Bonchev–Trinajstić information content (AvgIpc) is 3.07. The molecule has 1 N–H and O–H groups in total. The van der Waals surface area contributed by atoms with Crippen LogP contribution in [0.1, 0.15) is 22.4 Å². The molecule has 0 aliphatic rings. The van der Waals surface area contributed by atoms with Gasteiger partial charge in [-0.05, 0) is 54.4 Å². The highest BCUT2D eigenvalue weighted by atomic mass is 19.4. The molecule has 27 heavy (non-hydrogen) atoms. The fourth-order valence-electron chi connectivity index (χ4n) is 2.54. The maximum Gasteiger partial charge on any atom is 0.416 e. The number of hydrogen-bond donors (Lipinski definition) is 1. The van der Waals surface area contributed by atoms with E-state index in [1.54, 1.807) is 25.1 Å². The summed E-state index contributed by atoms with van der Waals surface area (Å²) in [6.45, 7) is 1.53. The highest BCUT2D eigenvalue weighted by Crippen LogP contribution is 2.31. The Morgan fingerprint density at radius 3 is 2.63 bits per heavy atom. The fourth-order valence-corrected chi connectivity index (χ4v) is 2.54. The zero-order valence-electron chi connectivity index (χ0n) is 13.9. The van der Waals surface area contributed by atoms with Gasteiger partial charge in [0.15, 0.2) is 5.69 Å². The van der Waals surface area contributed by atoms with Crippen LogP contribution in [0.3, 0.4) is 0 Å². The number of aromatic nitrogens is 3. The fraction of sp³-hybridized carbons (Fsp3) is 0.167. The normalized spacial score (nSPS) is 11.3. The number of nitrogens with one attached hydrogen (secondary N) is 1. The Hall–Kier alpha value is -3.41. The third kappa shape index (κ3) is 4.23. The van der Waals surface area contributed by atoms with Crippen LogP contribution in [0.5, 0.6) is 5.75 Å². The van der Waals surface area contributed by atoms with Gasteiger partial charge in [0.1, 0.15) is 29.9 Å². The molecule has 1 aromatic heterocycles. The van der Waals surface area contributed by atoms with Gasteiger partial charge in [0.05, 0.1) is 5.56 Å². The van der Waals surface area contributed by atoms with E-state index in [4.69, 9.17) is 10.00 Å². The summed E-state index contributed by atoms with van der Waals surface area (Å²) in [4.78, 5) is 0. The second kappa shape index (κ2) is 7.07. The number of nitriles is 1. The van der Waals surface area contributed by atoms with Crippen LogP contribution in [0.4, 0.5) is 17.6 Å². The maximum absolute atomic E-state index is 13.5. The van der Waals surface area contributed by atoms with E-state index >= 15 is 0 Å².